The summed E-state index contributed by atoms with van der Waals surface area (Å²) in [5, 5.41) is 12.7. The second kappa shape index (κ2) is 24.8. The van der Waals surface area contributed by atoms with Gasteiger partial charge in [0.25, 0.3) is 6.47 Å². The van der Waals surface area contributed by atoms with Crippen LogP contribution in [-0.4, -0.2) is 55.2 Å². The van der Waals surface area contributed by atoms with Crippen molar-refractivity contribution < 1.29 is 19.4 Å². The number of methoxy groups -OCH3 is 1. The van der Waals surface area contributed by atoms with Crippen molar-refractivity contribution in [2.24, 2.45) is 5.92 Å². The zero-order valence-electron chi connectivity index (χ0n) is 26.5. The van der Waals surface area contributed by atoms with Gasteiger partial charge in [-0.1, -0.05) is 82.2 Å². The molecule has 0 aromatic heterocycles. The van der Waals surface area contributed by atoms with Crippen LogP contribution in [0.5, 0.6) is 0 Å². The summed E-state index contributed by atoms with van der Waals surface area (Å²) >= 11 is 0. The summed E-state index contributed by atoms with van der Waals surface area (Å²) in [5.41, 5.74) is 4.69. The number of aryl methyl sites for hydroxylation is 1. The van der Waals surface area contributed by atoms with E-state index in [0.29, 0.717) is 19.1 Å². The molecule has 1 fully saturated rings. The van der Waals surface area contributed by atoms with Crippen LogP contribution in [0.15, 0.2) is 61.2 Å². The molecule has 1 amide bonds. The normalized spacial score (nSPS) is 13.6. The largest absolute Gasteiger partial charge is 0.471 e. The van der Waals surface area contributed by atoms with E-state index in [1.807, 2.05) is 24.0 Å². The Morgan fingerprint density at radius 2 is 1.61 bits per heavy atom. The lowest BCUT2D eigenvalue weighted by Gasteiger charge is -2.21. The molecule has 0 saturated carbocycles. The fourth-order valence-electron chi connectivity index (χ4n) is 4.29. The Kier molecular flexibility index (Phi) is 23.0. The predicted molar refractivity (Wildman–Crippen MR) is 173 cm³/mol. The molecule has 1 heterocycles. The Bertz CT molecular complexity index is 958. The number of aliphatic hydroxyl groups is 1. The van der Waals surface area contributed by atoms with E-state index in [1.165, 1.54) is 37.5 Å². The van der Waals surface area contributed by atoms with E-state index >= 15 is 0 Å². The Hall–Kier alpha value is -2.96. The summed E-state index contributed by atoms with van der Waals surface area (Å²) in [6.45, 7) is 16.7. The molecule has 2 N–H and O–H groups in total. The van der Waals surface area contributed by atoms with Gasteiger partial charge in [-0.3, -0.25) is 9.59 Å². The summed E-state index contributed by atoms with van der Waals surface area (Å²) in [6.07, 6.45) is 9.84. The maximum Gasteiger partial charge on any atom is 0.292 e. The van der Waals surface area contributed by atoms with Crippen LogP contribution < -0.4 is 5.32 Å². The lowest BCUT2D eigenvalue weighted by Crippen LogP contribution is -2.40. The molecule has 6 nitrogen and oxygen atoms in total. The maximum absolute atomic E-state index is 12.2. The number of rotatable bonds is 12. The monoisotopic (exact) mass is 568 g/mol. The topological polar surface area (TPSA) is 78.9 Å². The molecule has 0 spiro atoms. The molecule has 0 bridgehead atoms. The summed E-state index contributed by atoms with van der Waals surface area (Å²) in [5.74, 6) is 1.09. The summed E-state index contributed by atoms with van der Waals surface area (Å²) in [4.78, 5) is 23.1. The third-order valence-corrected chi connectivity index (χ3v) is 6.18. The molecule has 3 rings (SSSR count). The average molecular weight is 569 g/mol. The molecular formula is C35H56N2O4. The summed E-state index contributed by atoms with van der Waals surface area (Å²) in [6, 6.07) is 17.2. The molecule has 1 aliphatic heterocycles. The van der Waals surface area contributed by atoms with E-state index in [9.17, 15) is 9.90 Å². The van der Waals surface area contributed by atoms with E-state index in [-0.39, 0.29) is 12.5 Å². The molecule has 1 aliphatic rings. The number of allylic oxidation sites excluding steroid dienone is 1. The number of aliphatic hydroxyl groups excluding tert-OH is 1. The van der Waals surface area contributed by atoms with E-state index in [2.05, 4.69) is 80.7 Å². The molecule has 230 valence electrons. The first-order valence-corrected chi connectivity index (χ1v) is 15.1. The fraction of sp³-hybridized carbons (Fsp3) is 0.543. The van der Waals surface area contributed by atoms with Crippen LogP contribution >= 0.6 is 0 Å². The van der Waals surface area contributed by atoms with E-state index in [4.69, 9.17) is 4.79 Å². The van der Waals surface area contributed by atoms with Gasteiger partial charge in [0.2, 0.25) is 5.91 Å². The lowest BCUT2D eigenvalue weighted by molar-refractivity contribution is -0.130. The Morgan fingerprint density at radius 1 is 1.07 bits per heavy atom. The van der Waals surface area contributed by atoms with Gasteiger partial charge in [0, 0.05) is 12.6 Å². The Balaban J connectivity index is 0.00000125. The minimum Gasteiger partial charge on any atom is -0.471 e. The van der Waals surface area contributed by atoms with Crippen LogP contribution in [0, 0.1) is 5.92 Å². The molecule has 1 saturated heterocycles. The van der Waals surface area contributed by atoms with Crippen LogP contribution in [0.4, 0.5) is 0 Å². The molecule has 0 radical (unpaired) electrons. The highest BCUT2D eigenvalue weighted by molar-refractivity contribution is 5.78. The fourth-order valence-corrected chi connectivity index (χ4v) is 4.29. The third-order valence-electron chi connectivity index (χ3n) is 6.18. The van der Waals surface area contributed by atoms with Crippen LogP contribution in [0.25, 0.3) is 11.1 Å². The second-order valence-electron chi connectivity index (χ2n) is 11.0. The molecule has 1 unspecified atom stereocenters. The second-order valence-corrected chi connectivity index (χ2v) is 11.0. The molecule has 0 aliphatic carbocycles. The SMILES string of the molecule is C=CC.CC(C)C.CC1CCCN1C(=O)CNCCCCCCc1cccc(-c2cccc(CO)c2)c1.COC=O. The number of carbonyl (C=O) groups excluding carboxylic acids is 2. The number of nitrogens with zero attached hydrogens (tertiary/aromatic N) is 1. The smallest absolute Gasteiger partial charge is 0.292 e. The van der Waals surface area contributed by atoms with Crippen molar-refractivity contribution in [3.63, 3.8) is 0 Å². The van der Waals surface area contributed by atoms with Crippen LogP contribution in [0.2, 0.25) is 0 Å². The van der Waals surface area contributed by atoms with Crippen molar-refractivity contribution in [2.75, 3.05) is 26.7 Å². The number of carbonyl (C=O) groups is 2. The first kappa shape index (κ1) is 38.0. The van der Waals surface area contributed by atoms with Crippen molar-refractivity contribution >= 4 is 12.4 Å². The van der Waals surface area contributed by atoms with Crippen LogP contribution in [0.1, 0.15) is 84.3 Å². The summed E-state index contributed by atoms with van der Waals surface area (Å²) < 4.78 is 3.86. The van der Waals surface area contributed by atoms with Crippen LogP contribution in [0.3, 0.4) is 0 Å². The zero-order valence-corrected chi connectivity index (χ0v) is 26.5. The van der Waals surface area contributed by atoms with Gasteiger partial charge in [0.05, 0.1) is 20.3 Å². The number of unbranched alkanes of at least 4 members (excludes halogenated alkanes) is 3. The zero-order chi connectivity index (χ0) is 30.9. The van der Waals surface area contributed by atoms with Crippen molar-refractivity contribution in [3.8, 4) is 11.1 Å². The highest BCUT2D eigenvalue weighted by atomic mass is 16.5. The van der Waals surface area contributed by atoms with Crippen molar-refractivity contribution in [1.29, 1.82) is 0 Å². The Morgan fingerprint density at radius 3 is 2.12 bits per heavy atom. The third kappa shape index (κ3) is 18.9. The highest BCUT2D eigenvalue weighted by Crippen LogP contribution is 2.22. The minimum atomic E-state index is 0.0773. The molecule has 41 heavy (non-hydrogen) atoms. The number of ether oxygens (including phenoxy) is 1. The average Bonchev–Trinajstić information content (AvgIpc) is 3.40. The van der Waals surface area contributed by atoms with Gasteiger partial charge in [-0.15, -0.1) is 6.58 Å². The van der Waals surface area contributed by atoms with Crippen LogP contribution in [-0.2, 0) is 27.4 Å². The first-order chi connectivity index (χ1) is 19.7. The van der Waals surface area contributed by atoms with Gasteiger partial charge in [-0.25, -0.2) is 0 Å². The number of nitrogens with one attached hydrogen (secondary N) is 1. The number of amides is 1. The van der Waals surface area contributed by atoms with Gasteiger partial charge in [0.1, 0.15) is 0 Å². The van der Waals surface area contributed by atoms with Gasteiger partial charge in [0.15, 0.2) is 0 Å². The molecule has 2 aromatic rings. The summed E-state index contributed by atoms with van der Waals surface area (Å²) in [7, 11) is 1.31. The number of likely N-dealkylation sites (tertiary alicyclic amines) is 1. The number of hydrogen-bond donors (Lipinski definition) is 2. The van der Waals surface area contributed by atoms with Crippen molar-refractivity contribution in [2.45, 2.75) is 92.2 Å². The number of hydrogen-bond acceptors (Lipinski definition) is 5. The van der Waals surface area contributed by atoms with Gasteiger partial charge >= 0.3 is 0 Å². The predicted octanol–water partition coefficient (Wildman–Crippen LogP) is 7.19. The van der Waals surface area contributed by atoms with Gasteiger partial charge in [-0.2, -0.15) is 0 Å². The van der Waals surface area contributed by atoms with Gasteiger partial charge < -0.3 is 20.1 Å². The molecule has 1 atom stereocenters. The van der Waals surface area contributed by atoms with Crippen molar-refractivity contribution in [3.05, 3.63) is 72.3 Å². The Labute approximate surface area is 250 Å². The van der Waals surface area contributed by atoms with Gasteiger partial charge in [-0.05, 0) is 86.7 Å². The molecule has 2 aromatic carbocycles. The quantitative estimate of drug-likeness (QED) is 0.161. The standard InChI is InChI=1S/C26H36N2O2.C4H10.C3H6.C2H4O2/c1-21-9-8-16-28(21)26(30)19-27-15-5-3-2-4-10-22-11-6-13-24(17-22)25-14-7-12-23(18-25)20-29;1-4(2)3;1-3-2;1-4-2-3/h6-7,11-14,17-18,21,27,29H,2-5,8-10,15-16,19-20H2,1H3;4H,1-3H3;3H,1H2,2H3;2H,1H3. The van der Waals surface area contributed by atoms with E-state index in [1.54, 1.807) is 6.08 Å². The maximum atomic E-state index is 12.2. The minimum absolute atomic E-state index is 0.0773. The number of benzene rings is 2. The highest BCUT2D eigenvalue weighted by Gasteiger charge is 2.24. The first-order valence-electron chi connectivity index (χ1n) is 15.1. The molecular weight excluding hydrogens is 512 g/mol. The van der Waals surface area contributed by atoms with E-state index in [0.717, 1.165) is 55.8 Å². The van der Waals surface area contributed by atoms with Crippen molar-refractivity contribution in [1.82, 2.24) is 10.2 Å². The van der Waals surface area contributed by atoms with E-state index < -0.39 is 0 Å². The lowest BCUT2D eigenvalue weighted by atomic mass is 9.99. The molecule has 6 heteroatoms.